The second-order valence-corrected chi connectivity index (χ2v) is 13.4. The highest BCUT2D eigenvalue weighted by Gasteiger charge is 2.16. The van der Waals surface area contributed by atoms with E-state index in [9.17, 15) is 23.4 Å². The van der Waals surface area contributed by atoms with Gasteiger partial charge in [0, 0.05) is 48.1 Å². The van der Waals surface area contributed by atoms with Crippen LogP contribution in [-0.2, 0) is 25.7 Å². The number of pyridine rings is 1. The van der Waals surface area contributed by atoms with Gasteiger partial charge >= 0.3 is 0 Å². The molecule has 45 heavy (non-hydrogen) atoms. The molecule has 236 valence electrons. The number of ketones is 3. The maximum Gasteiger partial charge on any atom is 0.286 e. The Balaban J connectivity index is 1.80. The molecule has 10 heteroatoms. The number of nitrogen functional groups attached to an aromatic ring is 1. The summed E-state index contributed by atoms with van der Waals surface area (Å²) >= 11 is 0. The van der Waals surface area contributed by atoms with Crippen molar-refractivity contribution in [3.05, 3.63) is 88.6 Å². The topological polar surface area (TPSA) is 146 Å². The van der Waals surface area contributed by atoms with Gasteiger partial charge in [-0.3, -0.25) is 9.59 Å². The molecule has 3 rings (SSSR count). The van der Waals surface area contributed by atoms with Gasteiger partial charge in [0.15, 0.2) is 5.78 Å². The molecule has 0 saturated carbocycles. The second-order valence-electron chi connectivity index (χ2n) is 10.8. The fourth-order valence-electron chi connectivity index (χ4n) is 4.47. The van der Waals surface area contributed by atoms with Crippen LogP contribution in [0, 0.1) is 11.8 Å². The molecule has 1 aromatic heterocycles. The van der Waals surface area contributed by atoms with E-state index in [1.807, 2.05) is 24.3 Å². The largest absolute Gasteiger partial charge is 0.497 e. The molecule has 1 amide bonds. The van der Waals surface area contributed by atoms with Crippen molar-refractivity contribution in [1.29, 1.82) is 0 Å². The molecule has 9 nitrogen and oxygen atoms in total. The predicted molar refractivity (Wildman–Crippen MR) is 176 cm³/mol. The number of Topliss-reactive ketones (excluding diaryl/α,β-unsaturated/α-hetero) is 3. The minimum absolute atomic E-state index is 0.0455. The molecule has 1 heterocycles. The SMILES string of the molecule is COc1cccc(CC(=O)c2cccc(C#Cc3cc(C(=O)N=S(=O)(CCCCC(C)=O)CCCCC(C)=O)cnc3N)c2)c1. The number of aromatic nitrogens is 1. The van der Waals surface area contributed by atoms with Crippen LogP contribution < -0.4 is 10.5 Å². The van der Waals surface area contributed by atoms with Crippen molar-refractivity contribution >= 4 is 38.8 Å². The minimum Gasteiger partial charge on any atom is -0.497 e. The fourth-order valence-corrected chi connectivity index (χ4v) is 6.58. The average Bonchev–Trinajstić information content (AvgIpc) is 3.01. The highest BCUT2D eigenvalue weighted by molar-refractivity contribution is 7.93. The lowest BCUT2D eigenvalue weighted by Gasteiger charge is -2.10. The summed E-state index contributed by atoms with van der Waals surface area (Å²) in [6.45, 7) is 3.00. The summed E-state index contributed by atoms with van der Waals surface area (Å²) in [6, 6.07) is 15.7. The van der Waals surface area contributed by atoms with E-state index in [2.05, 4.69) is 21.2 Å². The van der Waals surface area contributed by atoms with Gasteiger partial charge in [-0.25, -0.2) is 9.19 Å². The fraction of sp³-hybridized carbons (Fsp3) is 0.343. The zero-order valence-electron chi connectivity index (χ0n) is 26.0. The number of amides is 1. The number of carbonyl (C=O) groups excluding carboxylic acids is 4. The molecule has 0 aliphatic heterocycles. The van der Waals surface area contributed by atoms with E-state index < -0.39 is 15.6 Å². The first-order valence-electron chi connectivity index (χ1n) is 14.8. The second kappa shape index (κ2) is 17.0. The van der Waals surface area contributed by atoms with Gasteiger partial charge in [-0.1, -0.05) is 36.1 Å². The number of nitrogens with two attached hydrogens (primary N) is 1. The van der Waals surface area contributed by atoms with Gasteiger partial charge in [-0.15, -0.1) is 0 Å². The molecule has 0 radical (unpaired) electrons. The van der Waals surface area contributed by atoms with E-state index >= 15 is 0 Å². The first kappa shape index (κ1) is 34.9. The van der Waals surface area contributed by atoms with E-state index in [1.165, 1.54) is 26.1 Å². The summed E-state index contributed by atoms with van der Waals surface area (Å²) < 4.78 is 23.1. The number of unbranched alkanes of at least 4 members (excludes halogenated alkanes) is 2. The van der Waals surface area contributed by atoms with Crippen molar-refractivity contribution in [2.45, 2.75) is 58.8 Å². The lowest BCUT2D eigenvalue weighted by atomic mass is 10.0. The first-order chi connectivity index (χ1) is 21.5. The lowest BCUT2D eigenvalue weighted by molar-refractivity contribution is -0.117. The van der Waals surface area contributed by atoms with Crippen molar-refractivity contribution in [1.82, 2.24) is 4.98 Å². The lowest BCUT2D eigenvalue weighted by Crippen LogP contribution is -2.15. The number of nitrogens with zero attached hydrogens (tertiary/aromatic N) is 2. The third kappa shape index (κ3) is 11.8. The van der Waals surface area contributed by atoms with Gasteiger partial charge in [0.05, 0.1) is 28.0 Å². The quantitative estimate of drug-likeness (QED) is 0.129. The minimum atomic E-state index is -2.93. The first-order valence-corrected chi connectivity index (χ1v) is 16.6. The van der Waals surface area contributed by atoms with Crippen LogP contribution >= 0.6 is 0 Å². The molecule has 2 aromatic carbocycles. The Morgan fingerprint density at radius 1 is 0.867 bits per heavy atom. The Hall–Kier alpha value is -4.62. The summed E-state index contributed by atoms with van der Waals surface area (Å²) in [5.41, 5.74) is 8.34. The van der Waals surface area contributed by atoms with Crippen molar-refractivity contribution in [2.75, 3.05) is 24.3 Å². The highest BCUT2D eigenvalue weighted by Crippen LogP contribution is 2.17. The van der Waals surface area contributed by atoms with Crippen LogP contribution in [-0.4, -0.2) is 51.1 Å². The molecule has 0 aliphatic carbocycles. The average molecular weight is 630 g/mol. The number of benzene rings is 2. The number of anilines is 1. The monoisotopic (exact) mass is 629 g/mol. The van der Waals surface area contributed by atoms with E-state index in [1.54, 1.807) is 31.4 Å². The number of ether oxygens (including phenoxy) is 1. The summed E-state index contributed by atoms with van der Waals surface area (Å²) in [5.74, 6) is 6.37. The Morgan fingerprint density at radius 2 is 1.53 bits per heavy atom. The molecule has 0 fully saturated rings. The predicted octanol–water partition coefficient (Wildman–Crippen LogP) is 5.62. The summed E-state index contributed by atoms with van der Waals surface area (Å²) in [7, 11) is -1.36. The molecular weight excluding hydrogens is 590 g/mol. The summed E-state index contributed by atoms with van der Waals surface area (Å²) in [5, 5.41) is 0. The molecule has 0 atom stereocenters. The molecule has 2 N–H and O–H groups in total. The van der Waals surface area contributed by atoms with Crippen molar-refractivity contribution in [2.24, 2.45) is 4.36 Å². The van der Waals surface area contributed by atoms with E-state index in [0.29, 0.717) is 61.0 Å². The van der Waals surface area contributed by atoms with Crippen LogP contribution in [0.2, 0.25) is 0 Å². The van der Waals surface area contributed by atoms with Crippen LogP contribution in [0.15, 0.2) is 65.2 Å². The molecular formula is C35H39N3O6S. The van der Waals surface area contributed by atoms with E-state index in [-0.39, 0.29) is 46.7 Å². The van der Waals surface area contributed by atoms with Gasteiger partial charge in [-0.05, 0) is 75.4 Å². The number of hydrogen-bond donors (Lipinski definition) is 1. The molecule has 0 aliphatic rings. The van der Waals surface area contributed by atoms with Gasteiger partial charge in [0.2, 0.25) is 0 Å². The molecule has 0 bridgehead atoms. The van der Waals surface area contributed by atoms with Crippen molar-refractivity contribution < 1.29 is 28.1 Å². The van der Waals surface area contributed by atoms with Crippen molar-refractivity contribution in [3.8, 4) is 17.6 Å². The zero-order chi connectivity index (χ0) is 32.8. The van der Waals surface area contributed by atoms with E-state index in [0.717, 1.165) is 5.56 Å². The van der Waals surface area contributed by atoms with Crippen molar-refractivity contribution in [3.63, 3.8) is 0 Å². The maximum absolute atomic E-state index is 13.7. The van der Waals surface area contributed by atoms with Gasteiger partial charge < -0.3 is 20.1 Å². The Kier molecular flexibility index (Phi) is 13.2. The Labute approximate surface area is 265 Å². The standard InChI is InChI=1S/C35H39N3O6S/c1-25(39)10-4-6-18-45(43,19-7-5-11-26(2)40)38-35(42)31-23-30(34(36)37-24-31)17-16-27-12-8-14-29(20-27)33(41)22-28-13-9-15-32(21-28)44-3/h8-9,12-15,20-21,23-24H,4-7,10-11,18-19,22H2,1-3H3,(H2,36,37). The summed E-state index contributed by atoms with van der Waals surface area (Å²) in [6.07, 6.45) is 4.30. The highest BCUT2D eigenvalue weighted by atomic mass is 32.2. The van der Waals surface area contributed by atoms with Gasteiger partial charge in [-0.2, -0.15) is 4.36 Å². The van der Waals surface area contributed by atoms with Crippen LogP contribution in [0.4, 0.5) is 5.82 Å². The number of methoxy groups -OCH3 is 1. The Bertz CT molecular complexity index is 1720. The number of carbonyl (C=O) groups is 4. The summed E-state index contributed by atoms with van der Waals surface area (Å²) in [4.78, 5) is 52.8. The molecule has 0 unspecified atom stereocenters. The van der Waals surface area contributed by atoms with Gasteiger partial charge in [0.25, 0.3) is 5.91 Å². The smallest absolute Gasteiger partial charge is 0.286 e. The van der Waals surface area contributed by atoms with Crippen LogP contribution in [0.1, 0.15) is 89.8 Å². The van der Waals surface area contributed by atoms with Crippen LogP contribution in [0.3, 0.4) is 0 Å². The Morgan fingerprint density at radius 3 is 2.18 bits per heavy atom. The third-order valence-electron chi connectivity index (χ3n) is 6.92. The van der Waals surface area contributed by atoms with E-state index in [4.69, 9.17) is 10.5 Å². The van der Waals surface area contributed by atoms with Gasteiger partial charge in [0.1, 0.15) is 23.1 Å². The number of hydrogen-bond acceptors (Lipinski definition) is 8. The van der Waals surface area contributed by atoms with Crippen LogP contribution in [0.5, 0.6) is 5.75 Å². The molecule has 3 aromatic rings. The molecule has 0 spiro atoms. The third-order valence-corrected chi connectivity index (χ3v) is 9.28. The van der Waals surface area contributed by atoms with Crippen LogP contribution in [0.25, 0.3) is 0 Å². The maximum atomic E-state index is 13.7. The normalized spacial score (nSPS) is 10.8. The number of rotatable bonds is 15. The molecule has 0 saturated heterocycles. The zero-order valence-corrected chi connectivity index (χ0v) is 26.8.